The fourth-order valence-electron chi connectivity index (χ4n) is 2.60. The molecule has 0 saturated heterocycles. The van der Waals surface area contributed by atoms with Crippen molar-refractivity contribution in [2.24, 2.45) is 0 Å². The average molecular weight is 363 g/mol. The molecule has 0 bridgehead atoms. The second-order valence-electron chi connectivity index (χ2n) is 5.81. The van der Waals surface area contributed by atoms with E-state index in [4.69, 9.17) is 14.2 Å². The van der Waals surface area contributed by atoms with Crippen LogP contribution in [0.1, 0.15) is 15.9 Å². The first kappa shape index (κ1) is 18.3. The summed E-state index contributed by atoms with van der Waals surface area (Å²) in [6.07, 6.45) is 0. The van der Waals surface area contributed by atoms with Gasteiger partial charge >= 0.3 is 0 Å². The van der Waals surface area contributed by atoms with Crippen molar-refractivity contribution in [3.8, 4) is 23.0 Å². The number of benzene rings is 3. The summed E-state index contributed by atoms with van der Waals surface area (Å²) in [5.74, 6) is 2.43. The van der Waals surface area contributed by atoms with E-state index in [0.29, 0.717) is 29.4 Å². The number of hydrogen-bond acceptors (Lipinski definition) is 4. The Morgan fingerprint density at radius 2 is 1.56 bits per heavy atom. The van der Waals surface area contributed by atoms with Gasteiger partial charge in [0.2, 0.25) is 0 Å². The summed E-state index contributed by atoms with van der Waals surface area (Å²) in [6, 6.07) is 22.1. The summed E-state index contributed by atoms with van der Waals surface area (Å²) < 4.78 is 16.3. The van der Waals surface area contributed by atoms with Crippen LogP contribution in [0.3, 0.4) is 0 Å². The largest absolute Gasteiger partial charge is 0.493 e. The van der Waals surface area contributed by atoms with Crippen LogP contribution in [0.2, 0.25) is 0 Å². The van der Waals surface area contributed by atoms with Gasteiger partial charge in [-0.05, 0) is 48.0 Å². The minimum atomic E-state index is -0.178. The molecule has 0 aliphatic carbocycles. The molecule has 0 saturated carbocycles. The maximum Gasteiger partial charge on any atom is 0.251 e. The van der Waals surface area contributed by atoms with Gasteiger partial charge in [0.25, 0.3) is 5.91 Å². The lowest BCUT2D eigenvalue weighted by molar-refractivity contribution is 0.0950. The van der Waals surface area contributed by atoms with E-state index in [1.165, 1.54) is 0 Å². The van der Waals surface area contributed by atoms with Crippen LogP contribution in [0, 0.1) is 0 Å². The van der Waals surface area contributed by atoms with Crippen molar-refractivity contribution in [2.75, 3.05) is 14.2 Å². The molecule has 3 aromatic carbocycles. The molecule has 0 aromatic heterocycles. The number of carbonyl (C=O) groups excluding carboxylic acids is 1. The molecule has 138 valence electrons. The minimum Gasteiger partial charge on any atom is -0.493 e. The van der Waals surface area contributed by atoms with Crippen LogP contribution >= 0.6 is 0 Å². The molecule has 27 heavy (non-hydrogen) atoms. The minimum absolute atomic E-state index is 0.178. The molecule has 0 aliphatic rings. The van der Waals surface area contributed by atoms with Crippen LogP contribution in [-0.2, 0) is 6.54 Å². The summed E-state index contributed by atoms with van der Waals surface area (Å²) in [5.41, 5.74) is 1.45. The predicted octanol–water partition coefficient (Wildman–Crippen LogP) is 4.43. The summed E-state index contributed by atoms with van der Waals surface area (Å²) >= 11 is 0. The lowest BCUT2D eigenvalue weighted by Gasteiger charge is -2.11. The highest BCUT2D eigenvalue weighted by atomic mass is 16.5. The van der Waals surface area contributed by atoms with Crippen molar-refractivity contribution in [1.82, 2.24) is 5.32 Å². The lowest BCUT2D eigenvalue weighted by Crippen LogP contribution is -2.22. The van der Waals surface area contributed by atoms with Crippen LogP contribution in [0.25, 0.3) is 0 Å². The summed E-state index contributed by atoms with van der Waals surface area (Å²) in [7, 11) is 3.17. The van der Waals surface area contributed by atoms with Crippen molar-refractivity contribution in [2.45, 2.75) is 6.54 Å². The lowest BCUT2D eigenvalue weighted by atomic mass is 10.1. The molecule has 0 atom stereocenters. The van der Waals surface area contributed by atoms with E-state index in [0.717, 1.165) is 11.3 Å². The number of nitrogens with one attached hydrogen (secondary N) is 1. The number of ether oxygens (including phenoxy) is 3. The number of para-hydroxylation sites is 1. The zero-order valence-corrected chi connectivity index (χ0v) is 15.3. The van der Waals surface area contributed by atoms with Crippen LogP contribution in [0.5, 0.6) is 23.0 Å². The standard InChI is InChI=1S/C22H21NO4/c1-25-20-12-11-16(13-21(20)26-2)15-23-22(24)17-7-6-10-19(14-17)27-18-8-4-3-5-9-18/h3-14H,15H2,1-2H3,(H,23,24). The molecule has 0 aliphatic heterocycles. The van der Waals surface area contributed by atoms with Gasteiger partial charge in [0, 0.05) is 12.1 Å². The van der Waals surface area contributed by atoms with Crippen LogP contribution < -0.4 is 19.5 Å². The van der Waals surface area contributed by atoms with Gasteiger partial charge in [-0.15, -0.1) is 0 Å². The molecule has 5 heteroatoms. The van der Waals surface area contributed by atoms with Gasteiger partial charge in [-0.3, -0.25) is 4.79 Å². The van der Waals surface area contributed by atoms with Gasteiger partial charge in [-0.25, -0.2) is 0 Å². The Labute approximate surface area is 158 Å². The monoisotopic (exact) mass is 363 g/mol. The molecular formula is C22H21NO4. The third kappa shape index (κ3) is 4.79. The Bertz CT molecular complexity index is 909. The fraction of sp³-hybridized carbons (Fsp3) is 0.136. The molecule has 3 aromatic rings. The van der Waals surface area contributed by atoms with Crippen molar-refractivity contribution in [3.63, 3.8) is 0 Å². The van der Waals surface area contributed by atoms with E-state index in [1.54, 1.807) is 32.4 Å². The summed E-state index contributed by atoms with van der Waals surface area (Å²) in [6.45, 7) is 0.378. The molecule has 0 fully saturated rings. The van der Waals surface area contributed by atoms with E-state index in [2.05, 4.69) is 5.32 Å². The maximum absolute atomic E-state index is 12.5. The molecule has 3 rings (SSSR count). The predicted molar refractivity (Wildman–Crippen MR) is 104 cm³/mol. The molecule has 0 unspecified atom stereocenters. The molecule has 0 spiro atoms. The Morgan fingerprint density at radius 1 is 0.815 bits per heavy atom. The second kappa shape index (κ2) is 8.76. The summed E-state index contributed by atoms with van der Waals surface area (Å²) in [5, 5.41) is 2.90. The smallest absolute Gasteiger partial charge is 0.251 e. The van der Waals surface area contributed by atoms with E-state index in [9.17, 15) is 4.79 Å². The zero-order chi connectivity index (χ0) is 19.1. The van der Waals surface area contributed by atoms with E-state index >= 15 is 0 Å². The molecule has 0 heterocycles. The first-order valence-electron chi connectivity index (χ1n) is 8.51. The average Bonchev–Trinajstić information content (AvgIpc) is 2.72. The first-order valence-corrected chi connectivity index (χ1v) is 8.51. The third-order valence-corrected chi connectivity index (χ3v) is 3.98. The van der Waals surface area contributed by atoms with Gasteiger partial charge in [-0.1, -0.05) is 30.3 Å². The second-order valence-corrected chi connectivity index (χ2v) is 5.81. The Hall–Kier alpha value is -3.47. The highest BCUT2D eigenvalue weighted by Crippen LogP contribution is 2.27. The van der Waals surface area contributed by atoms with Crippen LogP contribution in [0.4, 0.5) is 0 Å². The molecule has 1 N–H and O–H groups in total. The Balaban J connectivity index is 1.65. The van der Waals surface area contributed by atoms with Gasteiger partial charge < -0.3 is 19.5 Å². The Morgan fingerprint density at radius 3 is 2.30 bits per heavy atom. The normalized spacial score (nSPS) is 10.1. The van der Waals surface area contributed by atoms with E-state index < -0.39 is 0 Å². The number of hydrogen-bond donors (Lipinski definition) is 1. The van der Waals surface area contributed by atoms with Crippen molar-refractivity contribution < 1.29 is 19.0 Å². The van der Waals surface area contributed by atoms with Crippen molar-refractivity contribution >= 4 is 5.91 Å². The van der Waals surface area contributed by atoms with Gasteiger partial charge in [0.1, 0.15) is 11.5 Å². The van der Waals surface area contributed by atoms with Crippen LogP contribution in [-0.4, -0.2) is 20.1 Å². The molecule has 5 nitrogen and oxygen atoms in total. The SMILES string of the molecule is COc1ccc(CNC(=O)c2cccc(Oc3ccccc3)c2)cc1OC. The quantitative estimate of drug-likeness (QED) is 0.675. The molecule has 0 radical (unpaired) electrons. The molecular weight excluding hydrogens is 342 g/mol. The zero-order valence-electron chi connectivity index (χ0n) is 15.3. The van der Waals surface area contributed by atoms with Gasteiger partial charge in [-0.2, -0.15) is 0 Å². The van der Waals surface area contributed by atoms with Crippen LogP contribution in [0.15, 0.2) is 72.8 Å². The third-order valence-electron chi connectivity index (χ3n) is 3.98. The highest BCUT2D eigenvalue weighted by Gasteiger charge is 2.09. The number of carbonyl (C=O) groups is 1. The first-order chi connectivity index (χ1) is 13.2. The van der Waals surface area contributed by atoms with Gasteiger partial charge in [0.05, 0.1) is 14.2 Å². The highest BCUT2D eigenvalue weighted by molar-refractivity contribution is 5.94. The molecule has 1 amide bonds. The maximum atomic E-state index is 12.5. The van der Waals surface area contributed by atoms with Crippen molar-refractivity contribution in [1.29, 1.82) is 0 Å². The van der Waals surface area contributed by atoms with E-state index in [1.807, 2.05) is 54.6 Å². The van der Waals surface area contributed by atoms with E-state index in [-0.39, 0.29) is 5.91 Å². The van der Waals surface area contributed by atoms with Gasteiger partial charge in [0.15, 0.2) is 11.5 Å². The topological polar surface area (TPSA) is 56.8 Å². The summed E-state index contributed by atoms with van der Waals surface area (Å²) in [4.78, 5) is 12.5. The fourth-order valence-corrected chi connectivity index (χ4v) is 2.60. The van der Waals surface area contributed by atoms with Crippen molar-refractivity contribution in [3.05, 3.63) is 83.9 Å². The number of rotatable bonds is 7. The number of methoxy groups -OCH3 is 2. The number of amides is 1. The Kier molecular flexibility index (Phi) is 5.94.